The molecule has 0 aliphatic rings. The average Bonchev–Trinajstić information content (AvgIpc) is 3.03. The van der Waals surface area contributed by atoms with E-state index >= 15 is 0 Å². The van der Waals surface area contributed by atoms with Crippen molar-refractivity contribution < 1.29 is 0 Å². The number of imidazole rings is 1. The van der Waals surface area contributed by atoms with Crippen molar-refractivity contribution in [3.8, 4) is 16.8 Å². The highest BCUT2D eigenvalue weighted by Crippen LogP contribution is 2.32. The molecule has 3 rings (SSSR count). The average molecular weight is 283 g/mol. The Morgan fingerprint density at radius 1 is 1.30 bits per heavy atom. The van der Waals surface area contributed by atoms with Gasteiger partial charge in [0.1, 0.15) is 4.88 Å². The molecule has 2 aromatic heterocycles. The lowest BCUT2D eigenvalue weighted by Gasteiger charge is -2.24. The van der Waals surface area contributed by atoms with Crippen LogP contribution in [0.3, 0.4) is 0 Å². The van der Waals surface area contributed by atoms with E-state index in [0.29, 0.717) is 5.56 Å². The van der Waals surface area contributed by atoms with Crippen LogP contribution >= 0.6 is 11.5 Å². The van der Waals surface area contributed by atoms with Crippen LogP contribution in [0.2, 0.25) is 0 Å². The molecular formula is C14H13N5S. The van der Waals surface area contributed by atoms with E-state index in [1.165, 1.54) is 11.5 Å². The lowest BCUT2D eigenvalue weighted by atomic mass is 10.1. The number of aromatic nitrogens is 4. The summed E-state index contributed by atoms with van der Waals surface area (Å²) >= 11 is 1.32. The summed E-state index contributed by atoms with van der Waals surface area (Å²) in [6.45, 7) is 6.39. The first kappa shape index (κ1) is 12.8. The molecule has 3 aromatic rings. The van der Waals surface area contributed by atoms with Crippen molar-refractivity contribution in [2.45, 2.75) is 26.3 Å². The highest BCUT2D eigenvalue weighted by atomic mass is 32.1. The van der Waals surface area contributed by atoms with Crippen LogP contribution in [0.5, 0.6) is 0 Å². The molecule has 0 fully saturated rings. The van der Waals surface area contributed by atoms with Crippen molar-refractivity contribution in [3.05, 3.63) is 30.0 Å². The fourth-order valence-corrected chi connectivity index (χ4v) is 2.75. The Bertz CT molecular complexity index is 803. The highest BCUT2D eigenvalue weighted by Gasteiger charge is 2.23. The summed E-state index contributed by atoms with van der Waals surface area (Å²) in [5.74, 6) is 0.845. The molecule has 0 bridgehead atoms. The predicted octanol–water partition coefficient (Wildman–Crippen LogP) is 3.18. The van der Waals surface area contributed by atoms with Gasteiger partial charge < -0.3 is 4.57 Å². The van der Waals surface area contributed by atoms with Gasteiger partial charge in [-0.15, -0.1) is 5.10 Å². The van der Waals surface area contributed by atoms with E-state index < -0.39 is 0 Å². The summed E-state index contributed by atoms with van der Waals surface area (Å²) in [6, 6.07) is 7.73. The van der Waals surface area contributed by atoms with Gasteiger partial charge in [-0.1, -0.05) is 4.49 Å². The first-order valence-corrected chi connectivity index (χ1v) is 6.99. The Hall–Kier alpha value is -2.26. The zero-order valence-corrected chi connectivity index (χ0v) is 12.3. The number of hydrogen-bond acceptors (Lipinski definition) is 5. The second-order valence-corrected chi connectivity index (χ2v) is 6.32. The fraction of sp³-hybridized carbons (Fsp3) is 0.286. The Labute approximate surface area is 120 Å². The molecule has 6 heteroatoms. The number of hydrogen-bond donors (Lipinski definition) is 0. The molecule has 0 atom stereocenters. The van der Waals surface area contributed by atoms with Gasteiger partial charge in [-0.3, -0.25) is 0 Å². The van der Waals surface area contributed by atoms with E-state index in [1.54, 1.807) is 6.20 Å². The van der Waals surface area contributed by atoms with Crippen molar-refractivity contribution in [1.82, 2.24) is 19.1 Å². The fourth-order valence-electron chi connectivity index (χ4n) is 2.26. The quantitative estimate of drug-likeness (QED) is 0.688. The monoisotopic (exact) mass is 283 g/mol. The summed E-state index contributed by atoms with van der Waals surface area (Å²) in [7, 11) is 0. The standard InChI is InChI=1S/C14H13N5S/c1-14(2,3)19-11-5-4-9(7-15)6-10(11)17-13(19)12-8-16-18-20-12/h4-6,8H,1-3H3. The molecule has 0 saturated heterocycles. The molecular weight excluding hydrogens is 270 g/mol. The third-order valence-corrected chi connectivity index (χ3v) is 3.70. The maximum absolute atomic E-state index is 9.01. The van der Waals surface area contributed by atoms with Gasteiger partial charge >= 0.3 is 0 Å². The van der Waals surface area contributed by atoms with Gasteiger partial charge in [0.25, 0.3) is 0 Å². The van der Waals surface area contributed by atoms with Crippen molar-refractivity contribution in [2.24, 2.45) is 0 Å². The van der Waals surface area contributed by atoms with Crippen molar-refractivity contribution in [3.63, 3.8) is 0 Å². The topological polar surface area (TPSA) is 67.4 Å². The van der Waals surface area contributed by atoms with Crippen molar-refractivity contribution in [2.75, 3.05) is 0 Å². The van der Waals surface area contributed by atoms with Crippen molar-refractivity contribution in [1.29, 1.82) is 5.26 Å². The van der Waals surface area contributed by atoms with Crippen LogP contribution in [0.25, 0.3) is 21.7 Å². The molecule has 0 N–H and O–H groups in total. The highest BCUT2D eigenvalue weighted by molar-refractivity contribution is 7.09. The van der Waals surface area contributed by atoms with Crippen LogP contribution in [0, 0.1) is 11.3 Å². The minimum atomic E-state index is -0.123. The summed E-state index contributed by atoms with van der Waals surface area (Å²) in [4.78, 5) is 5.60. The van der Waals surface area contributed by atoms with Gasteiger partial charge in [0.15, 0.2) is 5.82 Å². The molecule has 2 heterocycles. The smallest absolute Gasteiger partial charge is 0.155 e. The zero-order chi connectivity index (χ0) is 14.3. The van der Waals surface area contributed by atoms with Crippen LogP contribution < -0.4 is 0 Å². The van der Waals surface area contributed by atoms with Gasteiger partial charge in [-0.05, 0) is 50.5 Å². The number of nitrogens with zero attached hydrogens (tertiary/aromatic N) is 5. The van der Waals surface area contributed by atoms with Gasteiger partial charge in [0.05, 0.1) is 28.9 Å². The van der Waals surface area contributed by atoms with Crippen LogP contribution in [-0.2, 0) is 5.54 Å². The van der Waals surface area contributed by atoms with E-state index in [4.69, 9.17) is 5.26 Å². The first-order valence-electron chi connectivity index (χ1n) is 6.21. The normalized spacial score (nSPS) is 11.7. The van der Waals surface area contributed by atoms with E-state index in [2.05, 4.69) is 46.0 Å². The molecule has 0 radical (unpaired) electrons. The number of nitriles is 1. The van der Waals surface area contributed by atoms with Crippen LogP contribution in [-0.4, -0.2) is 19.1 Å². The number of benzene rings is 1. The first-order chi connectivity index (χ1) is 9.50. The molecule has 0 aliphatic carbocycles. The second-order valence-electron chi connectivity index (χ2n) is 5.54. The van der Waals surface area contributed by atoms with E-state index in [1.807, 2.05) is 18.2 Å². The molecule has 0 aliphatic heterocycles. The Balaban J connectivity index is 2.37. The third kappa shape index (κ3) is 1.96. The van der Waals surface area contributed by atoms with Gasteiger partial charge in [0.2, 0.25) is 0 Å². The predicted molar refractivity (Wildman–Crippen MR) is 78.3 cm³/mol. The lowest BCUT2D eigenvalue weighted by molar-refractivity contribution is 0.413. The minimum absolute atomic E-state index is 0.123. The number of fused-ring (bicyclic) bond motifs is 1. The molecule has 0 amide bonds. The van der Waals surface area contributed by atoms with E-state index in [9.17, 15) is 0 Å². The zero-order valence-electron chi connectivity index (χ0n) is 11.5. The summed E-state index contributed by atoms with van der Waals surface area (Å²) in [5.41, 5.74) is 2.33. The van der Waals surface area contributed by atoms with Crippen LogP contribution in [0.4, 0.5) is 0 Å². The maximum atomic E-state index is 9.01. The largest absolute Gasteiger partial charge is 0.318 e. The molecule has 0 spiro atoms. The maximum Gasteiger partial charge on any atom is 0.155 e. The van der Waals surface area contributed by atoms with Gasteiger partial charge in [0, 0.05) is 5.54 Å². The summed E-state index contributed by atoms with van der Waals surface area (Å²) in [5, 5.41) is 12.9. The number of rotatable bonds is 1. The lowest BCUT2D eigenvalue weighted by Crippen LogP contribution is -2.22. The molecule has 5 nitrogen and oxygen atoms in total. The molecule has 100 valence electrons. The Kier molecular flexibility index (Phi) is 2.80. The Morgan fingerprint density at radius 3 is 2.70 bits per heavy atom. The third-order valence-electron chi connectivity index (χ3n) is 3.04. The van der Waals surface area contributed by atoms with Gasteiger partial charge in [-0.25, -0.2) is 4.98 Å². The summed E-state index contributed by atoms with van der Waals surface area (Å²) in [6.07, 6.45) is 1.72. The minimum Gasteiger partial charge on any atom is -0.318 e. The SMILES string of the molecule is CC(C)(C)n1c(-c2cnns2)nc2cc(C#N)ccc21. The molecule has 0 saturated carbocycles. The summed E-state index contributed by atoms with van der Waals surface area (Å²) < 4.78 is 6.08. The molecule has 1 aromatic carbocycles. The van der Waals surface area contributed by atoms with Crippen LogP contribution in [0.15, 0.2) is 24.4 Å². The van der Waals surface area contributed by atoms with E-state index in [-0.39, 0.29) is 5.54 Å². The van der Waals surface area contributed by atoms with Crippen LogP contribution in [0.1, 0.15) is 26.3 Å². The molecule has 0 unspecified atom stereocenters. The second kappa shape index (κ2) is 4.39. The molecule has 20 heavy (non-hydrogen) atoms. The van der Waals surface area contributed by atoms with E-state index in [0.717, 1.165) is 21.7 Å². The van der Waals surface area contributed by atoms with Gasteiger partial charge in [-0.2, -0.15) is 5.26 Å². The van der Waals surface area contributed by atoms with Crippen molar-refractivity contribution >= 4 is 22.6 Å². The Morgan fingerprint density at radius 2 is 2.10 bits per heavy atom.